The number of aliphatic hydroxyl groups is 1. The Balaban J connectivity index is 2.51. The Labute approximate surface area is 81.5 Å². The van der Waals surface area contributed by atoms with E-state index in [-0.39, 0.29) is 6.04 Å². The number of β-amino-alcohol motifs (C(OH)–C–C–N with tert-alkyl or cyclic N) is 1. The number of halogens is 1. The molecule has 3 nitrogen and oxygen atoms in total. The predicted molar refractivity (Wildman–Crippen MR) is 52.9 cm³/mol. The van der Waals surface area contributed by atoms with Crippen LogP contribution in [0, 0.1) is 0 Å². The molecule has 1 heterocycles. The highest BCUT2D eigenvalue weighted by Crippen LogP contribution is 2.33. The van der Waals surface area contributed by atoms with E-state index in [1.807, 2.05) is 12.1 Å². The molecule has 1 aliphatic heterocycles. The fourth-order valence-corrected chi connectivity index (χ4v) is 1.86. The molecule has 0 fully saturated rings. The Morgan fingerprint density at radius 1 is 1.54 bits per heavy atom. The van der Waals surface area contributed by atoms with Crippen molar-refractivity contribution in [1.82, 2.24) is 0 Å². The van der Waals surface area contributed by atoms with Crippen LogP contribution in [0.2, 0.25) is 5.02 Å². The maximum Gasteiger partial charge on any atom is 0.0906 e. The van der Waals surface area contributed by atoms with Crippen LogP contribution < -0.4 is 11.1 Å². The fourth-order valence-electron chi connectivity index (χ4n) is 1.56. The van der Waals surface area contributed by atoms with Crippen LogP contribution >= 0.6 is 11.6 Å². The zero-order valence-corrected chi connectivity index (χ0v) is 7.75. The summed E-state index contributed by atoms with van der Waals surface area (Å²) in [6.45, 7) is 0.481. The summed E-state index contributed by atoms with van der Waals surface area (Å²) in [4.78, 5) is 0. The van der Waals surface area contributed by atoms with E-state index in [9.17, 15) is 5.11 Å². The van der Waals surface area contributed by atoms with Crippen LogP contribution in [0.3, 0.4) is 0 Å². The maximum absolute atomic E-state index is 9.50. The number of fused-ring (bicyclic) bond motifs is 1. The van der Waals surface area contributed by atoms with Gasteiger partial charge < -0.3 is 16.2 Å². The standard InChI is InChI=1S/C9H11ClN2O/c10-5-2-1-3-6-8(5)9(11)7(13)4-12-6/h1-3,7,9,12-13H,4,11H2. The monoisotopic (exact) mass is 198 g/mol. The molecule has 2 atom stereocenters. The molecular formula is C9H11ClN2O. The van der Waals surface area contributed by atoms with E-state index in [4.69, 9.17) is 17.3 Å². The average molecular weight is 199 g/mol. The summed E-state index contributed by atoms with van der Waals surface area (Å²) >= 11 is 5.97. The zero-order chi connectivity index (χ0) is 9.42. The number of nitrogens with two attached hydrogens (primary N) is 1. The highest BCUT2D eigenvalue weighted by Gasteiger charge is 2.26. The molecule has 4 N–H and O–H groups in total. The molecule has 0 saturated carbocycles. The van der Waals surface area contributed by atoms with Gasteiger partial charge >= 0.3 is 0 Å². The molecule has 0 aromatic heterocycles. The van der Waals surface area contributed by atoms with E-state index >= 15 is 0 Å². The normalized spacial score (nSPS) is 26.4. The number of rotatable bonds is 0. The summed E-state index contributed by atoms with van der Waals surface area (Å²) in [6, 6.07) is 5.16. The molecule has 4 heteroatoms. The van der Waals surface area contributed by atoms with Crippen LogP contribution in [0.15, 0.2) is 18.2 Å². The molecule has 0 spiro atoms. The molecule has 2 unspecified atom stereocenters. The topological polar surface area (TPSA) is 58.3 Å². The van der Waals surface area contributed by atoms with E-state index in [1.54, 1.807) is 6.07 Å². The van der Waals surface area contributed by atoms with Crippen molar-refractivity contribution in [2.45, 2.75) is 12.1 Å². The van der Waals surface area contributed by atoms with E-state index in [1.165, 1.54) is 0 Å². The van der Waals surface area contributed by atoms with Crippen molar-refractivity contribution in [3.05, 3.63) is 28.8 Å². The Morgan fingerprint density at radius 2 is 2.31 bits per heavy atom. The molecule has 13 heavy (non-hydrogen) atoms. The number of anilines is 1. The molecule has 0 bridgehead atoms. The molecular weight excluding hydrogens is 188 g/mol. The third kappa shape index (κ3) is 1.39. The van der Waals surface area contributed by atoms with Gasteiger partial charge in [-0.15, -0.1) is 0 Å². The first-order valence-electron chi connectivity index (χ1n) is 4.16. The summed E-state index contributed by atoms with van der Waals surface area (Å²) in [5.74, 6) is 0. The fraction of sp³-hybridized carbons (Fsp3) is 0.333. The summed E-state index contributed by atoms with van der Waals surface area (Å²) in [5, 5.41) is 13.2. The summed E-state index contributed by atoms with van der Waals surface area (Å²) in [6.07, 6.45) is -0.563. The minimum absolute atomic E-state index is 0.384. The van der Waals surface area contributed by atoms with Gasteiger partial charge in [0.15, 0.2) is 0 Å². The van der Waals surface area contributed by atoms with Crippen LogP contribution in [-0.4, -0.2) is 17.8 Å². The van der Waals surface area contributed by atoms with Gasteiger partial charge in [-0.2, -0.15) is 0 Å². The first kappa shape index (κ1) is 8.81. The van der Waals surface area contributed by atoms with E-state index in [2.05, 4.69) is 5.32 Å². The van der Waals surface area contributed by atoms with Gasteiger partial charge in [0.25, 0.3) is 0 Å². The van der Waals surface area contributed by atoms with Gasteiger partial charge in [0.2, 0.25) is 0 Å². The van der Waals surface area contributed by atoms with Crippen LogP contribution in [0.1, 0.15) is 11.6 Å². The van der Waals surface area contributed by atoms with Gasteiger partial charge in [-0.1, -0.05) is 17.7 Å². The molecule has 70 valence electrons. The maximum atomic E-state index is 9.50. The quantitative estimate of drug-likeness (QED) is 0.586. The van der Waals surface area contributed by atoms with Crippen molar-refractivity contribution in [1.29, 1.82) is 0 Å². The van der Waals surface area contributed by atoms with Crippen molar-refractivity contribution in [3.8, 4) is 0 Å². The van der Waals surface area contributed by atoms with Crippen LogP contribution in [-0.2, 0) is 0 Å². The first-order chi connectivity index (χ1) is 6.20. The van der Waals surface area contributed by atoms with Gasteiger partial charge in [0, 0.05) is 22.8 Å². The lowest BCUT2D eigenvalue weighted by Gasteiger charge is -2.29. The average Bonchev–Trinajstić information content (AvgIpc) is 2.12. The van der Waals surface area contributed by atoms with Crippen molar-refractivity contribution in [3.63, 3.8) is 0 Å². The number of aliphatic hydroxyl groups excluding tert-OH is 1. The zero-order valence-electron chi connectivity index (χ0n) is 7.00. The third-order valence-electron chi connectivity index (χ3n) is 2.30. The van der Waals surface area contributed by atoms with Crippen molar-refractivity contribution >= 4 is 17.3 Å². The van der Waals surface area contributed by atoms with Crippen molar-refractivity contribution < 1.29 is 5.11 Å². The Bertz CT molecular complexity index is 329. The van der Waals surface area contributed by atoms with Crippen molar-refractivity contribution in [2.75, 3.05) is 11.9 Å². The van der Waals surface area contributed by atoms with E-state index in [0.29, 0.717) is 11.6 Å². The first-order valence-corrected chi connectivity index (χ1v) is 4.54. The summed E-state index contributed by atoms with van der Waals surface area (Å²) in [7, 11) is 0. The van der Waals surface area contributed by atoms with Crippen molar-refractivity contribution in [2.24, 2.45) is 5.73 Å². The van der Waals surface area contributed by atoms with Crippen LogP contribution in [0.25, 0.3) is 0 Å². The molecule has 0 radical (unpaired) electrons. The molecule has 1 aromatic rings. The Hall–Kier alpha value is -0.770. The lowest BCUT2D eigenvalue weighted by molar-refractivity contribution is 0.153. The number of nitrogens with one attached hydrogen (secondary N) is 1. The molecule has 0 aliphatic carbocycles. The summed E-state index contributed by atoms with van der Waals surface area (Å²) in [5.41, 5.74) is 7.55. The number of benzene rings is 1. The lowest BCUT2D eigenvalue weighted by Crippen LogP contribution is -2.37. The second kappa shape index (κ2) is 3.18. The smallest absolute Gasteiger partial charge is 0.0906 e. The molecule has 2 rings (SSSR count). The summed E-state index contributed by atoms with van der Waals surface area (Å²) < 4.78 is 0. The molecule has 1 aliphatic rings. The third-order valence-corrected chi connectivity index (χ3v) is 2.63. The number of hydrogen-bond acceptors (Lipinski definition) is 3. The largest absolute Gasteiger partial charge is 0.389 e. The lowest BCUT2D eigenvalue weighted by atomic mass is 9.96. The van der Waals surface area contributed by atoms with E-state index < -0.39 is 6.10 Å². The SMILES string of the molecule is NC1c2c(Cl)cccc2NCC1O. The Morgan fingerprint density at radius 3 is 3.08 bits per heavy atom. The highest BCUT2D eigenvalue weighted by atomic mass is 35.5. The predicted octanol–water partition coefficient (Wildman–Crippen LogP) is 1.13. The second-order valence-electron chi connectivity index (χ2n) is 3.18. The van der Waals surface area contributed by atoms with Crippen LogP contribution in [0.4, 0.5) is 5.69 Å². The molecule has 0 amide bonds. The van der Waals surface area contributed by atoms with Gasteiger partial charge in [0.1, 0.15) is 0 Å². The van der Waals surface area contributed by atoms with Crippen LogP contribution in [0.5, 0.6) is 0 Å². The van der Waals surface area contributed by atoms with Gasteiger partial charge in [-0.25, -0.2) is 0 Å². The minimum atomic E-state index is -0.563. The minimum Gasteiger partial charge on any atom is -0.389 e. The van der Waals surface area contributed by atoms with E-state index in [0.717, 1.165) is 11.3 Å². The molecule has 0 saturated heterocycles. The van der Waals surface area contributed by atoms with Gasteiger partial charge in [-0.05, 0) is 12.1 Å². The molecule has 1 aromatic carbocycles. The Kier molecular flexibility index (Phi) is 2.15. The van der Waals surface area contributed by atoms with Gasteiger partial charge in [-0.3, -0.25) is 0 Å². The van der Waals surface area contributed by atoms with Gasteiger partial charge in [0.05, 0.1) is 12.1 Å². The highest BCUT2D eigenvalue weighted by molar-refractivity contribution is 6.31. The second-order valence-corrected chi connectivity index (χ2v) is 3.58. The number of hydrogen-bond donors (Lipinski definition) is 3.